The van der Waals surface area contributed by atoms with Crippen LogP contribution in [0.3, 0.4) is 0 Å². The van der Waals surface area contributed by atoms with Gasteiger partial charge in [-0.05, 0) is 49.8 Å². The zero-order valence-electron chi connectivity index (χ0n) is 11.2. The molecule has 1 fully saturated rings. The number of rotatable bonds is 5. The first-order valence-electron chi connectivity index (χ1n) is 6.80. The molecule has 0 bridgehead atoms. The molecule has 0 aliphatic carbocycles. The Morgan fingerprint density at radius 3 is 2.89 bits per heavy atom. The number of halogens is 2. The quantitative estimate of drug-likeness (QED) is 0.714. The Morgan fingerprint density at radius 1 is 1.42 bits per heavy atom. The van der Waals surface area contributed by atoms with Gasteiger partial charge in [0.05, 0.1) is 23.6 Å². The molecule has 1 aromatic carbocycles. The molecule has 1 saturated heterocycles. The molecule has 2 atom stereocenters. The minimum absolute atomic E-state index is 0.0195. The second-order valence-corrected chi connectivity index (χ2v) is 5.86. The Morgan fingerprint density at radius 2 is 2.26 bits per heavy atom. The zero-order valence-corrected chi connectivity index (χ0v) is 12.7. The molecular formula is C15H20Cl2O2. The minimum atomic E-state index is -0.0195. The Labute approximate surface area is 125 Å². The van der Waals surface area contributed by atoms with Crippen molar-refractivity contribution in [2.45, 2.75) is 43.6 Å². The number of hydrogen-bond donors (Lipinski definition) is 0. The average Bonchev–Trinajstić information content (AvgIpc) is 2.45. The number of hydrogen-bond acceptors (Lipinski definition) is 2. The lowest BCUT2D eigenvalue weighted by molar-refractivity contribution is 0.0100. The molecule has 19 heavy (non-hydrogen) atoms. The predicted molar refractivity (Wildman–Crippen MR) is 79.4 cm³/mol. The molecule has 0 radical (unpaired) electrons. The van der Waals surface area contributed by atoms with Gasteiger partial charge in [0.25, 0.3) is 0 Å². The van der Waals surface area contributed by atoms with Crippen LogP contribution < -0.4 is 4.74 Å². The molecule has 2 nitrogen and oxygen atoms in total. The third-order valence-electron chi connectivity index (χ3n) is 3.55. The number of ether oxygens (including phenoxy) is 2. The van der Waals surface area contributed by atoms with Gasteiger partial charge in [0.15, 0.2) is 0 Å². The highest BCUT2D eigenvalue weighted by Gasteiger charge is 2.17. The van der Waals surface area contributed by atoms with Crippen LogP contribution in [0.15, 0.2) is 18.2 Å². The summed E-state index contributed by atoms with van der Waals surface area (Å²) in [5, 5.41) is 0.591. The van der Waals surface area contributed by atoms with Crippen molar-refractivity contribution in [3.8, 4) is 5.75 Å². The lowest BCUT2D eigenvalue weighted by Gasteiger charge is -2.23. The summed E-state index contributed by atoms with van der Waals surface area (Å²) in [6, 6.07) is 5.73. The van der Waals surface area contributed by atoms with E-state index in [1.807, 2.05) is 18.2 Å². The average molecular weight is 303 g/mol. The first kappa shape index (κ1) is 15.0. The van der Waals surface area contributed by atoms with Crippen molar-refractivity contribution >= 4 is 23.2 Å². The van der Waals surface area contributed by atoms with Gasteiger partial charge in [-0.15, -0.1) is 11.6 Å². The van der Waals surface area contributed by atoms with E-state index in [1.165, 1.54) is 12.8 Å². The van der Waals surface area contributed by atoms with Crippen LogP contribution in [0.25, 0.3) is 0 Å². The standard InChI is InChI=1S/C15H20Cl2O2/c1-18-15-8-5-11(10-14(15)17)13(16)7-6-12-4-2-3-9-19-12/h5,8,10,12-13H,2-4,6-7,9H2,1H3. The zero-order chi connectivity index (χ0) is 13.7. The summed E-state index contributed by atoms with van der Waals surface area (Å²) in [6.45, 7) is 0.895. The summed E-state index contributed by atoms with van der Waals surface area (Å²) < 4.78 is 10.9. The summed E-state index contributed by atoms with van der Waals surface area (Å²) in [6.07, 6.45) is 5.92. The maximum atomic E-state index is 6.44. The predicted octanol–water partition coefficient (Wildman–Crippen LogP) is 4.98. The summed E-state index contributed by atoms with van der Waals surface area (Å²) in [5.74, 6) is 0.685. The number of methoxy groups -OCH3 is 1. The Kier molecular flexibility index (Phi) is 5.80. The molecular weight excluding hydrogens is 283 g/mol. The van der Waals surface area contributed by atoms with Crippen LogP contribution in [0, 0.1) is 0 Å². The van der Waals surface area contributed by atoms with Crippen molar-refractivity contribution in [1.29, 1.82) is 0 Å². The molecule has 2 unspecified atom stereocenters. The monoisotopic (exact) mass is 302 g/mol. The molecule has 1 heterocycles. The van der Waals surface area contributed by atoms with Crippen LogP contribution in [0.1, 0.15) is 43.0 Å². The normalized spacial score (nSPS) is 21.1. The van der Waals surface area contributed by atoms with E-state index in [2.05, 4.69) is 0 Å². The second-order valence-electron chi connectivity index (χ2n) is 4.93. The molecule has 1 aliphatic heterocycles. The largest absolute Gasteiger partial charge is 0.495 e. The van der Waals surface area contributed by atoms with Crippen LogP contribution in [-0.4, -0.2) is 19.8 Å². The van der Waals surface area contributed by atoms with Crippen LogP contribution in [0.4, 0.5) is 0 Å². The minimum Gasteiger partial charge on any atom is -0.495 e. The van der Waals surface area contributed by atoms with Gasteiger partial charge >= 0.3 is 0 Å². The summed E-state index contributed by atoms with van der Waals surface area (Å²) in [4.78, 5) is 0. The van der Waals surface area contributed by atoms with E-state index in [9.17, 15) is 0 Å². The van der Waals surface area contributed by atoms with Gasteiger partial charge in [-0.25, -0.2) is 0 Å². The van der Waals surface area contributed by atoms with Gasteiger partial charge < -0.3 is 9.47 Å². The van der Waals surface area contributed by atoms with E-state index >= 15 is 0 Å². The van der Waals surface area contributed by atoms with Crippen molar-refractivity contribution in [3.05, 3.63) is 28.8 Å². The molecule has 0 aromatic heterocycles. The third-order valence-corrected chi connectivity index (χ3v) is 4.32. The van der Waals surface area contributed by atoms with Gasteiger partial charge in [0.2, 0.25) is 0 Å². The summed E-state index contributed by atoms with van der Waals surface area (Å²) in [7, 11) is 1.61. The fourth-order valence-corrected chi connectivity index (χ4v) is 2.94. The van der Waals surface area contributed by atoms with Crippen molar-refractivity contribution in [2.75, 3.05) is 13.7 Å². The first-order valence-corrected chi connectivity index (χ1v) is 7.61. The molecule has 106 valence electrons. The van der Waals surface area contributed by atoms with E-state index in [0.29, 0.717) is 16.9 Å². The molecule has 0 saturated carbocycles. The Hall–Kier alpha value is -0.440. The van der Waals surface area contributed by atoms with E-state index < -0.39 is 0 Å². The number of benzene rings is 1. The fraction of sp³-hybridized carbons (Fsp3) is 0.600. The molecule has 0 N–H and O–H groups in total. The summed E-state index contributed by atoms with van der Waals surface area (Å²) in [5.41, 5.74) is 1.04. The first-order chi connectivity index (χ1) is 9.20. The van der Waals surface area contributed by atoms with Gasteiger partial charge in [-0.1, -0.05) is 17.7 Å². The third kappa shape index (κ3) is 4.27. The number of alkyl halides is 1. The van der Waals surface area contributed by atoms with Crippen LogP contribution in [-0.2, 0) is 4.74 Å². The lowest BCUT2D eigenvalue weighted by Crippen LogP contribution is -2.19. The van der Waals surface area contributed by atoms with Crippen molar-refractivity contribution in [3.63, 3.8) is 0 Å². The lowest BCUT2D eigenvalue weighted by atomic mass is 10.0. The smallest absolute Gasteiger partial charge is 0.137 e. The molecule has 1 aliphatic rings. The van der Waals surface area contributed by atoms with Crippen LogP contribution in [0.2, 0.25) is 5.02 Å². The highest BCUT2D eigenvalue weighted by atomic mass is 35.5. The topological polar surface area (TPSA) is 18.5 Å². The van der Waals surface area contributed by atoms with Crippen LogP contribution >= 0.6 is 23.2 Å². The fourth-order valence-electron chi connectivity index (χ4n) is 2.41. The maximum Gasteiger partial charge on any atom is 0.137 e. The molecule has 0 amide bonds. The Bertz CT molecular complexity index is 403. The van der Waals surface area contributed by atoms with Crippen molar-refractivity contribution in [1.82, 2.24) is 0 Å². The second kappa shape index (κ2) is 7.37. The van der Waals surface area contributed by atoms with Crippen molar-refractivity contribution < 1.29 is 9.47 Å². The Balaban J connectivity index is 1.88. The highest BCUT2D eigenvalue weighted by molar-refractivity contribution is 6.32. The molecule has 1 aromatic rings. The molecule has 2 rings (SSSR count). The van der Waals surface area contributed by atoms with Gasteiger partial charge in [0.1, 0.15) is 5.75 Å². The van der Waals surface area contributed by atoms with E-state index in [-0.39, 0.29) is 5.38 Å². The van der Waals surface area contributed by atoms with E-state index in [4.69, 9.17) is 32.7 Å². The molecule has 0 spiro atoms. The summed E-state index contributed by atoms with van der Waals surface area (Å²) >= 11 is 12.6. The van der Waals surface area contributed by atoms with E-state index in [0.717, 1.165) is 31.4 Å². The molecule has 4 heteroatoms. The van der Waals surface area contributed by atoms with Gasteiger partial charge in [-0.2, -0.15) is 0 Å². The van der Waals surface area contributed by atoms with E-state index in [1.54, 1.807) is 7.11 Å². The van der Waals surface area contributed by atoms with Crippen LogP contribution in [0.5, 0.6) is 5.75 Å². The highest BCUT2D eigenvalue weighted by Crippen LogP contribution is 2.33. The van der Waals surface area contributed by atoms with Crippen molar-refractivity contribution in [2.24, 2.45) is 0 Å². The van der Waals surface area contributed by atoms with Gasteiger partial charge in [-0.3, -0.25) is 0 Å². The van der Waals surface area contributed by atoms with Gasteiger partial charge in [0, 0.05) is 6.61 Å². The maximum absolute atomic E-state index is 6.44. The SMILES string of the molecule is COc1ccc(C(Cl)CCC2CCCCO2)cc1Cl.